The van der Waals surface area contributed by atoms with Crippen molar-refractivity contribution in [2.75, 3.05) is 32.7 Å². The summed E-state index contributed by atoms with van der Waals surface area (Å²) in [4.78, 5) is 5.06. The highest BCUT2D eigenvalue weighted by Crippen LogP contribution is 2.21. The average molecular weight is 334 g/mol. The van der Waals surface area contributed by atoms with Crippen molar-refractivity contribution in [1.29, 1.82) is 0 Å². The van der Waals surface area contributed by atoms with Crippen molar-refractivity contribution in [3.8, 4) is 0 Å². The molecule has 0 aliphatic rings. The Bertz CT molecular complexity index is 466. The molecule has 0 fully saturated rings. The maximum Gasteiger partial charge on any atom is 0.0236 e. The zero-order valence-corrected chi connectivity index (χ0v) is 16.9. The first kappa shape index (κ1) is 21.1. The fraction of sp³-hybridized carbons (Fsp3) is 0.714. The third-order valence-corrected chi connectivity index (χ3v) is 4.93. The van der Waals surface area contributed by atoms with Gasteiger partial charge in [0.15, 0.2) is 0 Å². The molecule has 0 saturated heterocycles. The number of nitrogens with one attached hydrogen (secondary N) is 1. The Labute approximate surface area is 150 Å². The zero-order valence-electron chi connectivity index (χ0n) is 16.9. The van der Waals surface area contributed by atoms with E-state index >= 15 is 0 Å². The lowest BCUT2D eigenvalue weighted by molar-refractivity contribution is 0.278. The molecule has 0 spiro atoms. The normalized spacial score (nSPS) is 11.7. The van der Waals surface area contributed by atoms with Gasteiger partial charge >= 0.3 is 0 Å². The highest BCUT2D eigenvalue weighted by Gasteiger charge is 2.12. The third kappa shape index (κ3) is 6.54. The minimum atomic E-state index is 0.967. The Balaban J connectivity index is 3.09. The van der Waals surface area contributed by atoms with Crippen molar-refractivity contribution >= 4 is 0 Å². The molecule has 0 unspecified atom stereocenters. The predicted octanol–water partition coefficient (Wildman–Crippen LogP) is 4.18. The lowest BCUT2D eigenvalue weighted by Gasteiger charge is -2.25. The Kier molecular flexibility index (Phi) is 10.2. The second-order valence-electron chi connectivity index (χ2n) is 6.65. The number of hydrogen-bond acceptors (Lipinski definition) is 3. The van der Waals surface area contributed by atoms with Crippen molar-refractivity contribution in [2.45, 2.75) is 67.6 Å². The molecule has 3 heteroatoms. The van der Waals surface area contributed by atoms with Gasteiger partial charge < -0.3 is 5.32 Å². The molecule has 0 amide bonds. The lowest BCUT2D eigenvalue weighted by Crippen LogP contribution is -2.26. The minimum Gasteiger partial charge on any atom is -0.313 e. The van der Waals surface area contributed by atoms with Gasteiger partial charge in [0.05, 0.1) is 0 Å². The van der Waals surface area contributed by atoms with Crippen molar-refractivity contribution < 1.29 is 0 Å². The van der Waals surface area contributed by atoms with Gasteiger partial charge in [-0.3, -0.25) is 9.80 Å². The van der Waals surface area contributed by atoms with Crippen LogP contribution in [-0.4, -0.2) is 42.5 Å². The van der Waals surface area contributed by atoms with Gasteiger partial charge in [0.1, 0.15) is 0 Å². The van der Waals surface area contributed by atoms with Gasteiger partial charge in [0, 0.05) is 19.6 Å². The van der Waals surface area contributed by atoms with Crippen LogP contribution in [-0.2, 0) is 19.6 Å². The Morgan fingerprint density at radius 3 is 1.83 bits per heavy atom. The van der Waals surface area contributed by atoms with Crippen LogP contribution in [0.2, 0.25) is 0 Å². The molecule has 1 aromatic carbocycles. The molecule has 3 nitrogen and oxygen atoms in total. The molecule has 0 saturated carbocycles. The van der Waals surface area contributed by atoms with E-state index in [-0.39, 0.29) is 0 Å². The molecule has 0 aliphatic heterocycles. The summed E-state index contributed by atoms with van der Waals surface area (Å²) >= 11 is 0. The van der Waals surface area contributed by atoms with Crippen LogP contribution < -0.4 is 5.32 Å². The van der Waals surface area contributed by atoms with Crippen molar-refractivity contribution in [1.82, 2.24) is 15.1 Å². The Hall–Kier alpha value is -0.900. The smallest absolute Gasteiger partial charge is 0.0236 e. The summed E-state index contributed by atoms with van der Waals surface area (Å²) in [6.45, 7) is 22.2. The number of nitrogens with zero attached hydrogens (tertiary/aromatic N) is 2. The first-order valence-electron chi connectivity index (χ1n) is 9.86. The van der Waals surface area contributed by atoms with E-state index in [9.17, 15) is 0 Å². The molecule has 1 aromatic rings. The van der Waals surface area contributed by atoms with Gasteiger partial charge in [0.25, 0.3) is 0 Å². The van der Waals surface area contributed by atoms with E-state index in [0.717, 1.165) is 45.8 Å². The molecule has 0 aromatic heterocycles. The molecular weight excluding hydrogens is 294 g/mol. The SMILES string of the molecule is CCCN(CC)Cc1cc(CNCC)cc(CN(CC)CC)c1C. The van der Waals surface area contributed by atoms with Gasteiger partial charge in [0.2, 0.25) is 0 Å². The zero-order chi connectivity index (χ0) is 17.9. The maximum absolute atomic E-state index is 3.48. The van der Waals surface area contributed by atoms with Crippen LogP contribution >= 0.6 is 0 Å². The number of benzene rings is 1. The summed E-state index contributed by atoms with van der Waals surface area (Å²) in [5, 5.41) is 3.48. The quantitative estimate of drug-likeness (QED) is 0.619. The van der Waals surface area contributed by atoms with Crippen LogP contribution in [0.3, 0.4) is 0 Å². The molecule has 0 bridgehead atoms. The molecule has 24 heavy (non-hydrogen) atoms. The van der Waals surface area contributed by atoms with Gasteiger partial charge in [-0.15, -0.1) is 0 Å². The standard InChI is InChI=1S/C21H39N3/c1-7-12-24(11-5)17-21-14-19(15-22-8-2)13-20(18(21)6)16-23(9-3)10-4/h13-14,22H,7-12,15-17H2,1-6H3. The van der Waals surface area contributed by atoms with Crippen LogP contribution in [0.15, 0.2) is 12.1 Å². The minimum absolute atomic E-state index is 0.967. The molecule has 0 heterocycles. The van der Waals surface area contributed by atoms with E-state index < -0.39 is 0 Å². The highest BCUT2D eigenvalue weighted by atomic mass is 15.1. The highest BCUT2D eigenvalue weighted by molar-refractivity contribution is 5.38. The van der Waals surface area contributed by atoms with E-state index in [1.165, 1.54) is 35.2 Å². The van der Waals surface area contributed by atoms with Crippen LogP contribution in [0.5, 0.6) is 0 Å². The van der Waals surface area contributed by atoms with Gasteiger partial charge in [-0.2, -0.15) is 0 Å². The topological polar surface area (TPSA) is 18.5 Å². The van der Waals surface area contributed by atoms with Crippen molar-refractivity contribution in [2.24, 2.45) is 0 Å². The van der Waals surface area contributed by atoms with E-state index in [1.807, 2.05) is 0 Å². The summed E-state index contributed by atoms with van der Waals surface area (Å²) in [6.07, 6.45) is 1.22. The summed E-state index contributed by atoms with van der Waals surface area (Å²) in [5.41, 5.74) is 5.91. The van der Waals surface area contributed by atoms with Crippen LogP contribution in [0.4, 0.5) is 0 Å². The average Bonchev–Trinajstić information content (AvgIpc) is 2.60. The van der Waals surface area contributed by atoms with Crippen molar-refractivity contribution in [3.05, 3.63) is 34.4 Å². The summed E-state index contributed by atoms with van der Waals surface area (Å²) < 4.78 is 0. The fourth-order valence-corrected chi connectivity index (χ4v) is 3.21. The number of rotatable bonds is 12. The molecule has 138 valence electrons. The molecule has 1 N–H and O–H groups in total. The van der Waals surface area contributed by atoms with Gasteiger partial charge in [-0.05, 0) is 68.3 Å². The molecular formula is C21H39N3. The second-order valence-corrected chi connectivity index (χ2v) is 6.65. The second kappa shape index (κ2) is 11.6. The van der Waals surface area contributed by atoms with E-state index in [0.29, 0.717) is 0 Å². The monoisotopic (exact) mass is 333 g/mol. The van der Waals surface area contributed by atoms with Crippen LogP contribution in [0.1, 0.15) is 63.3 Å². The summed E-state index contributed by atoms with van der Waals surface area (Å²) in [6, 6.07) is 4.83. The molecule has 1 rings (SSSR count). The fourth-order valence-electron chi connectivity index (χ4n) is 3.21. The van der Waals surface area contributed by atoms with Gasteiger partial charge in [-0.1, -0.05) is 46.8 Å². The van der Waals surface area contributed by atoms with E-state index in [2.05, 4.69) is 68.8 Å². The lowest BCUT2D eigenvalue weighted by atomic mass is 9.97. The van der Waals surface area contributed by atoms with Crippen LogP contribution in [0, 0.1) is 6.92 Å². The van der Waals surface area contributed by atoms with E-state index in [1.54, 1.807) is 0 Å². The predicted molar refractivity (Wildman–Crippen MR) is 106 cm³/mol. The first-order chi connectivity index (χ1) is 11.6. The molecule has 0 atom stereocenters. The third-order valence-electron chi connectivity index (χ3n) is 4.93. The Morgan fingerprint density at radius 2 is 1.38 bits per heavy atom. The summed E-state index contributed by atoms with van der Waals surface area (Å²) in [5.74, 6) is 0. The molecule has 0 radical (unpaired) electrons. The molecule has 0 aliphatic carbocycles. The van der Waals surface area contributed by atoms with E-state index in [4.69, 9.17) is 0 Å². The Morgan fingerprint density at radius 1 is 0.833 bits per heavy atom. The largest absolute Gasteiger partial charge is 0.313 e. The van der Waals surface area contributed by atoms with Crippen molar-refractivity contribution in [3.63, 3.8) is 0 Å². The first-order valence-corrected chi connectivity index (χ1v) is 9.86. The van der Waals surface area contributed by atoms with Crippen LogP contribution in [0.25, 0.3) is 0 Å². The number of hydrogen-bond donors (Lipinski definition) is 1. The summed E-state index contributed by atoms with van der Waals surface area (Å²) in [7, 11) is 0. The van der Waals surface area contributed by atoms with Gasteiger partial charge in [-0.25, -0.2) is 0 Å². The maximum atomic E-state index is 3.48.